The molecule has 7 atom stereocenters. The Hall–Kier alpha value is -3.00. The molecule has 1 aliphatic rings. The van der Waals surface area contributed by atoms with Crippen molar-refractivity contribution in [2.45, 2.75) is 89.6 Å². The van der Waals surface area contributed by atoms with Crippen molar-refractivity contribution in [3.63, 3.8) is 0 Å². The quantitative estimate of drug-likeness (QED) is 0.227. The third kappa shape index (κ3) is 8.38. The number of furan rings is 1. The molecule has 1 fully saturated rings. The summed E-state index contributed by atoms with van der Waals surface area (Å²) in [6, 6.07) is 7.71. The molecule has 1 amide bonds. The monoisotopic (exact) mass is 650 g/mol. The average Bonchev–Trinajstić information content (AvgIpc) is 3.67. The molecule has 44 heavy (non-hydrogen) atoms. The van der Waals surface area contributed by atoms with Gasteiger partial charge < -0.3 is 39.3 Å². The molecule has 1 saturated heterocycles. The molecule has 1 aliphatic heterocycles. The third-order valence-electron chi connectivity index (χ3n) is 7.30. The number of benzene rings is 1. The van der Waals surface area contributed by atoms with Crippen LogP contribution in [-0.4, -0.2) is 75.0 Å². The van der Waals surface area contributed by atoms with E-state index in [-0.39, 0.29) is 5.92 Å². The van der Waals surface area contributed by atoms with E-state index in [1.54, 1.807) is 64.4 Å². The maximum absolute atomic E-state index is 13.1. The lowest BCUT2D eigenvalue weighted by Gasteiger charge is -2.40. The summed E-state index contributed by atoms with van der Waals surface area (Å²) in [4.78, 5) is 30.8. The minimum atomic E-state index is -1.59. The topological polar surface area (TPSA) is 161 Å². The van der Waals surface area contributed by atoms with E-state index in [1.165, 1.54) is 11.3 Å². The fourth-order valence-corrected chi connectivity index (χ4v) is 5.81. The molecule has 4 N–H and O–H groups in total. The maximum Gasteiger partial charge on any atom is 0.408 e. The number of alkyl carbamates (subject to hydrolysis) is 1. The smallest absolute Gasteiger partial charge is 0.408 e. The van der Waals surface area contributed by atoms with Gasteiger partial charge in [-0.05, 0) is 56.0 Å². The van der Waals surface area contributed by atoms with E-state index >= 15 is 0 Å². The number of thiazole rings is 1. The van der Waals surface area contributed by atoms with Gasteiger partial charge in [-0.1, -0.05) is 44.0 Å². The van der Waals surface area contributed by atoms with E-state index < -0.39 is 60.8 Å². The van der Waals surface area contributed by atoms with Crippen molar-refractivity contribution in [2.75, 3.05) is 6.61 Å². The van der Waals surface area contributed by atoms with Crippen LogP contribution in [0.5, 0.6) is 0 Å². The Balaban J connectivity index is 1.46. The number of hydrogen-bond acceptors (Lipinski definition) is 11. The van der Waals surface area contributed by atoms with Crippen LogP contribution in [0.15, 0.2) is 47.2 Å². The van der Waals surface area contributed by atoms with Crippen molar-refractivity contribution in [2.24, 2.45) is 5.92 Å². The van der Waals surface area contributed by atoms with Crippen LogP contribution in [0.1, 0.15) is 63.3 Å². The maximum atomic E-state index is 13.1. The van der Waals surface area contributed by atoms with Crippen molar-refractivity contribution < 1.29 is 43.5 Å². The lowest BCUT2D eigenvalue weighted by molar-refractivity contribution is -0.234. The molecule has 13 heteroatoms. The van der Waals surface area contributed by atoms with Crippen LogP contribution in [0.25, 0.3) is 10.6 Å². The van der Waals surface area contributed by atoms with Crippen LogP contribution in [0, 0.1) is 5.92 Å². The number of esters is 1. The second kappa shape index (κ2) is 14.4. The first kappa shape index (κ1) is 33.9. The van der Waals surface area contributed by atoms with Gasteiger partial charge in [-0.3, -0.25) is 0 Å². The van der Waals surface area contributed by atoms with Gasteiger partial charge in [0.25, 0.3) is 0 Å². The van der Waals surface area contributed by atoms with E-state index in [0.29, 0.717) is 34.8 Å². The summed E-state index contributed by atoms with van der Waals surface area (Å²) in [5.41, 5.74) is 0.463. The molecule has 2 aromatic heterocycles. The zero-order valence-corrected chi connectivity index (χ0v) is 26.8. The highest BCUT2D eigenvalue weighted by Gasteiger charge is 2.45. The zero-order chi connectivity index (χ0) is 32.2. The van der Waals surface area contributed by atoms with Gasteiger partial charge in [0, 0.05) is 17.6 Å². The summed E-state index contributed by atoms with van der Waals surface area (Å²) < 4.78 is 22.2. The van der Waals surface area contributed by atoms with Crippen LogP contribution >= 0.6 is 22.9 Å². The van der Waals surface area contributed by atoms with Crippen LogP contribution in [0.4, 0.5) is 4.79 Å². The van der Waals surface area contributed by atoms with Crippen LogP contribution in [0.2, 0.25) is 5.02 Å². The number of nitrogens with one attached hydrogen (secondary N) is 1. The fourth-order valence-electron chi connectivity index (χ4n) is 4.72. The van der Waals surface area contributed by atoms with Crippen molar-refractivity contribution in [1.82, 2.24) is 10.3 Å². The SMILES string of the molecule is CC[C@H](C)[C@H](NC(=O)OC(C)(C)C)C(=O)OC[C@H]1O[C@@H](c2ccc(Cl)c(Cc3ncc(-c4ccco4)s3)c2)[C@H](O)[C@@H](O)[C@@H]1O. The number of amides is 1. The number of ether oxygens (including phenoxy) is 3. The molecule has 240 valence electrons. The van der Waals surface area contributed by atoms with Gasteiger partial charge >= 0.3 is 12.1 Å². The van der Waals surface area contributed by atoms with Gasteiger partial charge in [0.05, 0.1) is 16.1 Å². The normalized spacial score (nSPS) is 23.5. The molecule has 0 radical (unpaired) electrons. The van der Waals surface area contributed by atoms with Gasteiger partial charge in [0.2, 0.25) is 0 Å². The lowest BCUT2D eigenvalue weighted by atomic mass is 9.90. The first-order valence-electron chi connectivity index (χ1n) is 14.4. The summed E-state index contributed by atoms with van der Waals surface area (Å²) >= 11 is 7.96. The first-order valence-corrected chi connectivity index (χ1v) is 15.6. The number of aliphatic hydroxyl groups excluding tert-OH is 3. The number of carbonyl (C=O) groups is 2. The number of aromatic nitrogens is 1. The number of carbonyl (C=O) groups excluding carboxylic acids is 2. The average molecular weight is 651 g/mol. The number of halogens is 1. The number of hydrogen-bond donors (Lipinski definition) is 4. The van der Waals surface area contributed by atoms with Crippen molar-refractivity contribution in [1.29, 1.82) is 0 Å². The molecule has 1 aromatic carbocycles. The Bertz CT molecular complexity index is 1410. The highest BCUT2D eigenvalue weighted by atomic mass is 35.5. The molecule has 0 saturated carbocycles. The van der Waals surface area contributed by atoms with Crippen molar-refractivity contribution in [3.8, 4) is 10.6 Å². The Morgan fingerprint density at radius 1 is 1.16 bits per heavy atom. The minimum absolute atomic E-state index is 0.284. The van der Waals surface area contributed by atoms with Gasteiger partial charge in [-0.25, -0.2) is 14.6 Å². The second-order valence-corrected chi connectivity index (χ2v) is 13.4. The summed E-state index contributed by atoms with van der Waals surface area (Å²) in [5, 5.41) is 36.0. The zero-order valence-electron chi connectivity index (χ0n) is 25.2. The van der Waals surface area contributed by atoms with E-state index in [9.17, 15) is 24.9 Å². The standard InChI is InChI=1S/C31H39ClN2O9S/c1-6-16(2)24(34-30(39)43-31(3,4)5)29(38)41-15-21-25(35)26(36)27(37)28(42-21)17-9-10-19(32)18(12-17)13-23-33-14-22(44-23)20-8-7-11-40-20/h7-12,14,16,21,24-28,35-37H,6,13,15H2,1-5H3,(H,34,39)/t16-,21+,24-,25+,26-,27+,28-/m0/s1. The predicted molar refractivity (Wildman–Crippen MR) is 163 cm³/mol. The Morgan fingerprint density at radius 2 is 1.91 bits per heavy atom. The molecular weight excluding hydrogens is 612 g/mol. The molecular formula is C31H39ClN2O9S. The second-order valence-electron chi connectivity index (χ2n) is 11.8. The highest BCUT2D eigenvalue weighted by Crippen LogP contribution is 2.35. The Kier molecular flexibility index (Phi) is 11.1. The summed E-state index contributed by atoms with van der Waals surface area (Å²) in [5.74, 6) is -0.320. The summed E-state index contributed by atoms with van der Waals surface area (Å²) in [6.07, 6.45) is -3.32. The Labute approximate surface area is 265 Å². The molecule has 11 nitrogen and oxygen atoms in total. The first-order chi connectivity index (χ1) is 20.8. The molecule has 0 bridgehead atoms. The van der Waals surface area contributed by atoms with Crippen molar-refractivity contribution >= 4 is 35.0 Å². The summed E-state index contributed by atoms with van der Waals surface area (Å²) in [6.45, 7) is 8.35. The predicted octanol–water partition coefficient (Wildman–Crippen LogP) is 4.65. The van der Waals surface area contributed by atoms with Gasteiger partial charge in [-0.15, -0.1) is 11.3 Å². The van der Waals surface area contributed by atoms with E-state index in [2.05, 4.69) is 10.3 Å². The van der Waals surface area contributed by atoms with Crippen LogP contribution in [0.3, 0.4) is 0 Å². The highest BCUT2D eigenvalue weighted by molar-refractivity contribution is 7.15. The fraction of sp³-hybridized carbons (Fsp3) is 0.516. The number of aliphatic hydroxyl groups is 3. The van der Waals surface area contributed by atoms with E-state index in [4.69, 9.17) is 30.2 Å². The van der Waals surface area contributed by atoms with Crippen molar-refractivity contribution in [3.05, 3.63) is 63.9 Å². The molecule has 0 unspecified atom stereocenters. The molecule has 0 spiro atoms. The van der Waals surface area contributed by atoms with Gasteiger partial charge in [-0.2, -0.15) is 0 Å². The minimum Gasteiger partial charge on any atom is -0.463 e. The third-order valence-corrected chi connectivity index (χ3v) is 8.68. The van der Waals surface area contributed by atoms with Crippen LogP contribution in [-0.2, 0) is 25.4 Å². The number of rotatable bonds is 10. The molecule has 0 aliphatic carbocycles. The Morgan fingerprint density at radius 3 is 2.57 bits per heavy atom. The number of nitrogens with zero attached hydrogens (tertiary/aromatic N) is 1. The summed E-state index contributed by atoms with van der Waals surface area (Å²) in [7, 11) is 0. The van der Waals surface area contributed by atoms with Gasteiger partial charge in [0.15, 0.2) is 0 Å². The van der Waals surface area contributed by atoms with E-state index in [0.717, 1.165) is 9.88 Å². The van der Waals surface area contributed by atoms with Gasteiger partial charge in [0.1, 0.15) is 54.5 Å². The lowest BCUT2D eigenvalue weighted by Crippen LogP contribution is -2.56. The molecule has 3 heterocycles. The molecule has 4 rings (SSSR count). The molecule has 3 aromatic rings. The van der Waals surface area contributed by atoms with Crippen LogP contribution < -0.4 is 5.32 Å². The largest absolute Gasteiger partial charge is 0.463 e. The van der Waals surface area contributed by atoms with E-state index in [1.807, 2.05) is 13.0 Å².